The number of allylic oxidation sites excluding steroid dienone is 1. The summed E-state index contributed by atoms with van der Waals surface area (Å²) in [6.07, 6.45) is 3.15. The highest BCUT2D eigenvalue weighted by Crippen LogP contribution is 1.91. The van der Waals surface area contributed by atoms with E-state index in [2.05, 4.69) is 23.2 Å². The zero-order valence-electron chi connectivity index (χ0n) is 10.6. The third kappa shape index (κ3) is 8.85. The quantitative estimate of drug-likeness (QED) is 0.371. The molecule has 0 spiro atoms. The Labute approximate surface area is 99.0 Å². The number of hydrogen-bond acceptors (Lipinski definition) is 4. The first-order valence-electron chi connectivity index (χ1n) is 6.01. The topological polar surface area (TPSA) is 55.7 Å². The van der Waals surface area contributed by atoms with Crippen molar-refractivity contribution in [2.75, 3.05) is 45.9 Å². The smallest absolute Gasteiger partial charge is 0.0558 e. The van der Waals surface area contributed by atoms with Gasteiger partial charge in [-0.2, -0.15) is 0 Å². The van der Waals surface area contributed by atoms with Crippen molar-refractivity contribution in [1.29, 1.82) is 0 Å². The van der Waals surface area contributed by atoms with Gasteiger partial charge in [0.05, 0.1) is 13.2 Å². The summed E-state index contributed by atoms with van der Waals surface area (Å²) in [5.41, 5.74) is 1.35. The molecule has 4 nitrogen and oxygen atoms in total. The highest BCUT2D eigenvalue weighted by molar-refractivity contribution is 4.97. The molecule has 16 heavy (non-hydrogen) atoms. The van der Waals surface area contributed by atoms with E-state index >= 15 is 0 Å². The second kappa shape index (κ2) is 11.1. The predicted octanol–water partition coefficient (Wildman–Crippen LogP) is 0.219. The van der Waals surface area contributed by atoms with Gasteiger partial charge in [-0.1, -0.05) is 11.6 Å². The van der Waals surface area contributed by atoms with Crippen molar-refractivity contribution in [3.63, 3.8) is 0 Å². The van der Waals surface area contributed by atoms with E-state index < -0.39 is 0 Å². The fourth-order valence-corrected chi connectivity index (χ4v) is 1.43. The standard InChI is InChI=1S/C12H26N2O2/c1-3-12(2)11-13-5-4-6-14(7-9-15)8-10-16/h3,13,15-16H,4-11H2,1-2H3/b12-3+. The highest BCUT2D eigenvalue weighted by atomic mass is 16.3. The molecule has 0 aromatic carbocycles. The van der Waals surface area contributed by atoms with E-state index in [-0.39, 0.29) is 13.2 Å². The molecular weight excluding hydrogens is 204 g/mol. The van der Waals surface area contributed by atoms with Gasteiger partial charge in [-0.15, -0.1) is 0 Å². The maximum atomic E-state index is 8.82. The van der Waals surface area contributed by atoms with E-state index in [4.69, 9.17) is 10.2 Å². The zero-order chi connectivity index (χ0) is 12.2. The number of nitrogens with one attached hydrogen (secondary N) is 1. The first-order chi connectivity index (χ1) is 7.74. The Morgan fingerprint density at radius 3 is 2.31 bits per heavy atom. The van der Waals surface area contributed by atoms with Crippen LogP contribution in [0.4, 0.5) is 0 Å². The van der Waals surface area contributed by atoms with Gasteiger partial charge in [-0.3, -0.25) is 4.90 Å². The van der Waals surface area contributed by atoms with Crippen molar-refractivity contribution in [1.82, 2.24) is 10.2 Å². The van der Waals surface area contributed by atoms with E-state index in [1.165, 1.54) is 5.57 Å². The lowest BCUT2D eigenvalue weighted by molar-refractivity contribution is 0.160. The Morgan fingerprint density at radius 2 is 1.81 bits per heavy atom. The second-order valence-electron chi connectivity index (χ2n) is 3.95. The maximum Gasteiger partial charge on any atom is 0.0558 e. The average molecular weight is 230 g/mol. The van der Waals surface area contributed by atoms with E-state index in [9.17, 15) is 0 Å². The van der Waals surface area contributed by atoms with E-state index in [0.717, 1.165) is 26.1 Å². The van der Waals surface area contributed by atoms with Crippen LogP contribution in [0.3, 0.4) is 0 Å². The Balaban J connectivity index is 3.46. The Hall–Kier alpha value is -0.420. The molecule has 0 saturated carbocycles. The summed E-state index contributed by atoms with van der Waals surface area (Å²) in [4.78, 5) is 2.07. The van der Waals surface area contributed by atoms with Crippen LogP contribution in [-0.2, 0) is 0 Å². The number of aliphatic hydroxyl groups is 2. The van der Waals surface area contributed by atoms with Crippen molar-refractivity contribution in [2.24, 2.45) is 0 Å². The number of aliphatic hydroxyl groups excluding tert-OH is 2. The second-order valence-corrected chi connectivity index (χ2v) is 3.95. The number of rotatable bonds is 10. The van der Waals surface area contributed by atoms with Gasteiger partial charge >= 0.3 is 0 Å². The molecule has 0 bridgehead atoms. The van der Waals surface area contributed by atoms with Gasteiger partial charge in [-0.25, -0.2) is 0 Å². The molecule has 3 N–H and O–H groups in total. The molecule has 0 unspecified atom stereocenters. The van der Waals surface area contributed by atoms with Crippen LogP contribution in [0.1, 0.15) is 20.3 Å². The third-order valence-electron chi connectivity index (χ3n) is 2.56. The maximum absolute atomic E-state index is 8.82. The first kappa shape index (κ1) is 15.6. The molecule has 0 aliphatic carbocycles. The molecule has 0 aliphatic heterocycles. The summed E-state index contributed by atoms with van der Waals surface area (Å²) < 4.78 is 0. The molecule has 0 amide bonds. The first-order valence-corrected chi connectivity index (χ1v) is 6.01. The molecule has 0 aliphatic rings. The SMILES string of the molecule is C/C=C(\C)CNCCCN(CCO)CCO. The highest BCUT2D eigenvalue weighted by Gasteiger charge is 2.02. The van der Waals surface area contributed by atoms with Crippen LogP contribution in [0.5, 0.6) is 0 Å². The van der Waals surface area contributed by atoms with E-state index in [0.29, 0.717) is 13.1 Å². The fourth-order valence-electron chi connectivity index (χ4n) is 1.43. The van der Waals surface area contributed by atoms with Gasteiger partial charge in [0.2, 0.25) is 0 Å². The Bertz CT molecular complexity index is 178. The summed E-state index contributed by atoms with van der Waals surface area (Å²) >= 11 is 0. The summed E-state index contributed by atoms with van der Waals surface area (Å²) in [6, 6.07) is 0. The lowest BCUT2D eigenvalue weighted by Gasteiger charge is -2.19. The molecule has 0 aromatic rings. The minimum atomic E-state index is 0.158. The molecule has 0 radical (unpaired) electrons. The van der Waals surface area contributed by atoms with Gasteiger partial charge in [-0.05, 0) is 33.4 Å². The molecule has 0 saturated heterocycles. The van der Waals surface area contributed by atoms with Crippen molar-refractivity contribution in [3.8, 4) is 0 Å². The molecule has 96 valence electrons. The zero-order valence-corrected chi connectivity index (χ0v) is 10.6. The van der Waals surface area contributed by atoms with Crippen LogP contribution < -0.4 is 5.32 Å². The molecular formula is C12H26N2O2. The third-order valence-corrected chi connectivity index (χ3v) is 2.56. The summed E-state index contributed by atoms with van der Waals surface area (Å²) in [7, 11) is 0. The van der Waals surface area contributed by atoms with E-state index in [1.807, 2.05) is 6.92 Å². The molecule has 0 fully saturated rings. The van der Waals surface area contributed by atoms with Crippen LogP contribution in [0.2, 0.25) is 0 Å². The van der Waals surface area contributed by atoms with E-state index in [1.54, 1.807) is 0 Å². The van der Waals surface area contributed by atoms with Crippen molar-refractivity contribution >= 4 is 0 Å². The summed E-state index contributed by atoms with van der Waals surface area (Å²) in [5.74, 6) is 0. The van der Waals surface area contributed by atoms with Gasteiger partial charge in [0.15, 0.2) is 0 Å². The Morgan fingerprint density at radius 1 is 1.19 bits per heavy atom. The monoisotopic (exact) mass is 230 g/mol. The molecule has 0 atom stereocenters. The molecule has 0 heterocycles. The normalized spacial score (nSPS) is 12.4. The summed E-state index contributed by atoms with van der Waals surface area (Å²) in [6.45, 7) is 8.59. The molecule has 0 aromatic heterocycles. The van der Waals surface area contributed by atoms with Crippen LogP contribution in [0.25, 0.3) is 0 Å². The largest absolute Gasteiger partial charge is 0.395 e. The van der Waals surface area contributed by atoms with Crippen LogP contribution in [0, 0.1) is 0 Å². The van der Waals surface area contributed by atoms with Crippen LogP contribution in [-0.4, -0.2) is 61.1 Å². The lowest BCUT2D eigenvalue weighted by atomic mass is 10.3. The number of hydrogen-bond donors (Lipinski definition) is 3. The fraction of sp³-hybridized carbons (Fsp3) is 0.833. The van der Waals surface area contributed by atoms with Crippen LogP contribution in [0.15, 0.2) is 11.6 Å². The van der Waals surface area contributed by atoms with Crippen molar-refractivity contribution in [3.05, 3.63) is 11.6 Å². The average Bonchev–Trinajstić information content (AvgIpc) is 2.28. The predicted molar refractivity (Wildman–Crippen MR) is 67.5 cm³/mol. The molecule has 4 heteroatoms. The van der Waals surface area contributed by atoms with Crippen molar-refractivity contribution in [2.45, 2.75) is 20.3 Å². The van der Waals surface area contributed by atoms with Gasteiger partial charge < -0.3 is 15.5 Å². The minimum absolute atomic E-state index is 0.158. The van der Waals surface area contributed by atoms with Crippen LogP contribution >= 0.6 is 0 Å². The van der Waals surface area contributed by atoms with Gasteiger partial charge in [0.1, 0.15) is 0 Å². The van der Waals surface area contributed by atoms with Crippen molar-refractivity contribution < 1.29 is 10.2 Å². The lowest BCUT2D eigenvalue weighted by Crippen LogP contribution is -2.32. The molecule has 0 rings (SSSR count). The summed E-state index contributed by atoms with van der Waals surface area (Å²) in [5, 5.41) is 21.0. The van der Waals surface area contributed by atoms with Gasteiger partial charge in [0.25, 0.3) is 0 Å². The number of nitrogens with zero attached hydrogens (tertiary/aromatic N) is 1. The van der Waals surface area contributed by atoms with Gasteiger partial charge in [0, 0.05) is 19.6 Å². The minimum Gasteiger partial charge on any atom is -0.395 e. The Kier molecular flexibility index (Phi) is 10.8.